The Bertz CT molecular complexity index is 833. The van der Waals surface area contributed by atoms with Gasteiger partial charge in [-0.05, 0) is 42.0 Å². The molecule has 0 saturated heterocycles. The second-order valence-electron chi connectivity index (χ2n) is 5.31. The van der Waals surface area contributed by atoms with Crippen LogP contribution in [-0.2, 0) is 6.61 Å². The minimum Gasteiger partial charge on any atom is -0.493 e. The molecule has 0 bridgehead atoms. The van der Waals surface area contributed by atoms with Crippen molar-refractivity contribution in [1.29, 1.82) is 0 Å². The summed E-state index contributed by atoms with van der Waals surface area (Å²) >= 11 is 0. The molecule has 1 N–H and O–H groups in total. The third kappa shape index (κ3) is 4.35. The number of anilines is 1. The van der Waals surface area contributed by atoms with Gasteiger partial charge in [0.15, 0.2) is 11.6 Å². The van der Waals surface area contributed by atoms with Crippen LogP contribution in [-0.4, -0.2) is 18.0 Å². The van der Waals surface area contributed by atoms with Crippen molar-refractivity contribution in [2.24, 2.45) is 0 Å². The topological polar surface area (TPSA) is 60.5 Å². The SMILES string of the molecule is COc1cccnc1NC(=O)c1ccc(OCc2ccccc2)cc1. The Morgan fingerprint density at radius 3 is 2.48 bits per heavy atom. The zero-order valence-corrected chi connectivity index (χ0v) is 13.8. The number of pyridine rings is 1. The normalized spacial score (nSPS) is 10.1. The zero-order valence-electron chi connectivity index (χ0n) is 13.8. The van der Waals surface area contributed by atoms with E-state index >= 15 is 0 Å². The fourth-order valence-corrected chi connectivity index (χ4v) is 2.27. The van der Waals surface area contributed by atoms with E-state index in [9.17, 15) is 4.79 Å². The largest absolute Gasteiger partial charge is 0.493 e. The lowest BCUT2D eigenvalue weighted by Gasteiger charge is -2.09. The molecule has 3 aromatic rings. The molecule has 5 heteroatoms. The minimum atomic E-state index is -0.258. The molecule has 0 fully saturated rings. The average Bonchev–Trinajstić information content (AvgIpc) is 2.68. The molecular formula is C20H18N2O3. The van der Waals surface area contributed by atoms with Crippen LogP contribution < -0.4 is 14.8 Å². The van der Waals surface area contributed by atoms with Gasteiger partial charge in [-0.1, -0.05) is 30.3 Å². The van der Waals surface area contributed by atoms with Gasteiger partial charge in [-0.15, -0.1) is 0 Å². The Balaban J connectivity index is 1.62. The standard InChI is InChI=1S/C20H18N2O3/c1-24-18-8-5-13-21-19(18)22-20(23)16-9-11-17(12-10-16)25-14-15-6-3-2-4-7-15/h2-13H,14H2,1H3,(H,21,22,23). The summed E-state index contributed by atoms with van der Waals surface area (Å²) in [5.41, 5.74) is 1.60. The Morgan fingerprint density at radius 2 is 1.76 bits per heavy atom. The molecule has 1 amide bonds. The highest BCUT2D eigenvalue weighted by Gasteiger charge is 2.10. The summed E-state index contributed by atoms with van der Waals surface area (Å²) in [5.74, 6) is 1.35. The lowest BCUT2D eigenvalue weighted by molar-refractivity contribution is 0.102. The molecule has 0 aliphatic carbocycles. The first-order valence-corrected chi connectivity index (χ1v) is 7.83. The Morgan fingerprint density at radius 1 is 1.00 bits per heavy atom. The van der Waals surface area contributed by atoms with Crippen molar-refractivity contribution in [3.8, 4) is 11.5 Å². The van der Waals surface area contributed by atoms with Crippen molar-refractivity contribution in [3.05, 3.63) is 84.1 Å². The van der Waals surface area contributed by atoms with Crippen LogP contribution in [0.15, 0.2) is 72.9 Å². The molecule has 0 spiro atoms. The summed E-state index contributed by atoms with van der Waals surface area (Å²) in [6, 6.07) is 20.4. The Labute approximate surface area is 146 Å². The molecule has 5 nitrogen and oxygen atoms in total. The summed E-state index contributed by atoms with van der Waals surface area (Å²) < 4.78 is 10.9. The van der Waals surface area contributed by atoms with E-state index < -0.39 is 0 Å². The van der Waals surface area contributed by atoms with Crippen LogP contribution >= 0.6 is 0 Å². The van der Waals surface area contributed by atoms with Crippen LogP contribution in [0.3, 0.4) is 0 Å². The summed E-state index contributed by atoms with van der Waals surface area (Å²) in [4.78, 5) is 16.4. The van der Waals surface area contributed by atoms with Crippen LogP contribution in [0.5, 0.6) is 11.5 Å². The molecule has 126 valence electrons. The van der Waals surface area contributed by atoms with Crippen molar-refractivity contribution in [3.63, 3.8) is 0 Å². The van der Waals surface area contributed by atoms with Crippen molar-refractivity contribution < 1.29 is 14.3 Å². The first kappa shape index (κ1) is 16.5. The van der Waals surface area contributed by atoms with E-state index in [0.29, 0.717) is 29.5 Å². The molecule has 3 rings (SSSR count). The number of amides is 1. The van der Waals surface area contributed by atoms with Gasteiger partial charge < -0.3 is 14.8 Å². The van der Waals surface area contributed by atoms with E-state index in [1.807, 2.05) is 30.3 Å². The van der Waals surface area contributed by atoms with E-state index in [4.69, 9.17) is 9.47 Å². The maximum absolute atomic E-state index is 12.3. The van der Waals surface area contributed by atoms with Crippen molar-refractivity contribution in [2.45, 2.75) is 6.61 Å². The number of methoxy groups -OCH3 is 1. The number of hydrogen-bond donors (Lipinski definition) is 1. The van der Waals surface area contributed by atoms with E-state index in [0.717, 1.165) is 5.56 Å². The molecule has 0 aliphatic heterocycles. The summed E-state index contributed by atoms with van der Waals surface area (Å²) in [7, 11) is 1.53. The number of rotatable bonds is 6. The number of nitrogens with zero attached hydrogens (tertiary/aromatic N) is 1. The molecule has 0 unspecified atom stereocenters. The van der Waals surface area contributed by atoms with Gasteiger partial charge in [0, 0.05) is 11.8 Å². The number of nitrogens with one attached hydrogen (secondary N) is 1. The molecule has 0 aliphatic rings. The summed E-state index contributed by atoms with van der Waals surface area (Å²) in [6.07, 6.45) is 1.60. The van der Waals surface area contributed by atoms with E-state index in [-0.39, 0.29) is 5.91 Å². The summed E-state index contributed by atoms with van der Waals surface area (Å²) in [5, 5.41) is 2.74. The highest BCUT2D eigenvalue weighted by molar-refractivity contribution is 6.04. The monoisotopic (exact) mass is 334 g/mol. The van der Waals surface area contributed by atoms with Crippen LogP contribution in [0.4, 0.5) is 5.82 Å². The third-order valence-corrected chi connectivity index (χ3v) is 3.59. The van der Waals surface area contributed by atoms with Crippen LogP contribution in [0, 0.1) is 0 Å². The highest BCUT2D eigenvalue weighted by Crippen LogP contribution is 2.21. The van der Waals surface area contributed by atoms with E-state index in [1.54, 1.807) is 42.6 Å². The predicted molar refractivity (Wildman–Crippen MR) is 96.0 cm³/mol. The maximum atomic E-state index is 12.3. The predicted octanol–water partition coefficient (Wildman–Crippen LogP) is 3.92. The first-order chi connectivity index (χ1) is 12.3. The number of carbonyl (C=O) groups excluding carboxylic acids is 1. The average molecular weight is 334 g/mol. The zero-order chi connectivity index (χ0) is 17.5. The van der Waals surface area contributed by atoms with Gasteiger partial charge in [0.2, 0.25) is 0 Å². The Hall–Kier alpha value is -3.34. The second kappa shape index (κ2) is 7.97. The quantitative estimate of drug-likeness (QED) is 0.742. The number of aromatic nitrogens is 1. The van der Waals surface area contributed by atoms with Gasteiger partial charge in [0.25, 0.3) is 5.91 Å². The minimum absolute atomic E-state index is 0.258. The van der Waals surface area contributed by atoms with E-state index in [1.165, 1.54) is 7.11 Å². The van der Waals surface area contributed by atoms with Crippen LogP contribution in [0.25, 0.3) is 0 Å². The van der Waals surface area contributed by atoms with E-state index in [2.05, 4.69) is 10.3 Å². The van der Waals surface area contributed by atoms with Crippen molar-refractivity contribution >= 4 is 11.7 Å². The summed E-state index contributed by atoms with van der Waals surface area (Å²) in [6.45, 7) is 0.484. The van der Waals surface area contributed by atoms with Gasteiger partial charge in [0.1, 0.15) is 12.4 Å². The fourth-order valence-electron chi connectivity index (χ4n) is 2.27. The second-order valence-corrected chi connectivity index (χ2v) is 5.31. The smallest absolute Gasteiger partial charge is 0.256 e. The molecular weight excluding hydrogens is 316 g/mol. The van der Waals surface area contributed by atoms with Gasteiger partial charge in [-0.2, -0.15) is 0 Å². The highest BCUT2D eigenvalue weighted by atomic mass is 16.5. The maximum Gasteiger partial charge on any atom is 0.256 e. The molecule has 0 saturated carbocycles. The van der Waals surface area contributed by atoms with Crippen molar-refractivity contribution in [1.82, 2.24) is 4.98 Å². The van der Waals surface area contributed by atoms with Gasteiger partial charge in [-0.25, -0.2) is 4.98 Å². The van der Waals surface area contributed by atoms with Gasteiger partial charge >= 0.3 is 0 Å². The molecule has 1 heterocycles. The lowest BCUT2D eigenvalue weighted by atomic mass is 10.2. The number of ether oxygens (including phenoxy) is 2. The number of carbonyl (C=O) groups is 1. The molecule has 25 heavy (non-hydrogen) atoms. The van der Waals surface area contributed by atoms with Gasteiger partial charge in [-0.3, -0.25) is 4.79 Å². The first-order valence-electron chi connectivity index (χ1n) is 7.83. The molecule has 0 atom stereocenters. The third-order valence-electron chi connectivity index (χ3n) is 3.59. The number of hydrogen-bond acceptors (Lipinski definition) is 4. The van der Waals surface area contributed by atoms with Crippen LogP contribution in [0.1, 0.15) is 15.9 Å². The lowest BCUT2D eigenvalue weighted by Crippen LogP contribution is -2.13. The molecule has 0 radical (unpaired) electrons. The Kier molecular flexibility index (Phi) is 5.26. The van der Waals surface area contributed by atoms with Crippen molar-refractivity contribution in [2.75, 3.05) is 12.4 Å². The fraction of sp³-hybridized carbons (Fsp3) is 0.100. The molecule has 2 aromatic carbocycles. The molecule has 1 aromatic heterocycles. The van der Waals surface area contributed by atoms with Crippen LogP contribution in [0.2, 0.25) is 0 Å². The van der Waals surface area contributed by atoms with Gasteiger partial charge in [0.05, 0.1) is 7.11 Å². The number of benzene rings is 2.